The number of H-pyrrole nitrogens is 1. The lowest BCUT2D eigenvalue weighted by Gasteiger charge is -2.18. The van der Waals surface area contributed by atoms with Crippen molar-refractivity contribution in [3.05, 3.63) is 30.2 Å². The molecule has 0 radical (unpaired) electrons. The zero-order chi connectivity index (χ0) is 17.8. The van der Waals surface area contributed by atoms with Gasteiger partial charge in [-0.25, -0.2) is 15.0 Å². The molecule has 0 bridgehead atoms. The summed E-state index contributed by atoms with van der Waals surface area (Å²) in [5.41, 5.74) is 16.1. The zero-order valence-corrected chi connectivity index (χ0v) is 14.8. The van der Waals surface area contributed by atoms with Crippen molar-refractivity contribution in [1.29, 1.82) is 0 Å². The van der Waals surface area contributed by atoms with Gasteiger partial charge in [0, 0.05) is 36.4 Å². The van der Waals surface area contributed by atoms with Gasteiger partial charge in [-0.3, -0.25) is 0 Å². The van der Waals surface area contributed by atoms with Gasteiger partial charge in [0.15, 0.2) is 0 Å². The van der Waals surface area contributed by atoms with E-state index in [9.17, 15) is 0 Å². The van der Waals surface area contributed by atoms with Gasteiger partial charge in [0.25, 0.3) is 0 Å². The highest BCUT2D eigenvalue weighted by molar-refractivity contribution is 5.94. The van der Waals surface area contributed by atoms with E-state index in [1.807, 2.05) is 18.5 Å². The van der Waals surface area contributed by atoms with Crippen LogP contribution in [0.3, 0.4) is 0 Å². The topological polar surface area (TPSA) is 110 Å². The van der Waals surface area contributed by atoms with Crippen LogP contribution >= 0.6 is 0 Å². The summed E-state index contributed by atoms with van der Waals surface area (Å²) in [6.07, 6.45) is 6.71. The first-order chi connectivity index (χ1) is 12.1. The summed E-state index contributed by atoms with van der Waals surface area (Å²) in [6, 6.07) is 4.12. The van der Waals surface area contributed by atoms with Crippen molar-refractivity contribution in [3.8, 4) is 11.3 Å². The van der Waals surface area contributed by atoms with E-state index >= 15 is 0 Å². The molecule has 0 aliphatic rings. The Hall–Kier alpha value is -2.67. The Morgan fingerprint density at radius 1 is 1.20 bits per heavy atom. The summed E-state index contributed by atoms with van der Waals surface area (Å²) >= 11 is 0. The third-order valence-corrected chi connectivity index (χ3v) is 4.34. The van der Waals surface area contributed by atoms with Crippen LogP contribution in [-0.2, 0) is 6.42 Å². The van der Waals surface area contributed by atoms with Crippen molar-refractivity contribution in [1.82, 2.24) is 19.9 Å². The number of pyridine rings is 1. The van der Waals surface area contributed by atoms with Crippen LogP contribution in [0.4, 0.5) is 11.6 Å². The summed E-state index contributed by atoms with van der Waals surface area (Å²) < 4.78 is 0. The SMILES string of the molecule is CCc1cc(-c2c[nH]c3ncc(N(C)CCCCN)cc23)nc(N)n1. The molecule has 0 saturated carbocycles. The van der Waals surface area contributed by atoms with Crippen molar-refractivity contribution in [2.75, 3.05) is 30.8 Å². The molecule has 7 heteroatoms. The molecular formula is C18H25N7. The van der Waals surface area contributed by atoms with Gasteiger partial charge in [-0.2, -0.15) is 0 Å². The Morgan fingerprint density at radius 3 is 2.80 bits per heavy atom. The number of aryl methyl sites for hydroxylation is 1. The molecule has 5 N–H and O–H groups in total. The Kier molecular flexibility index (Phi) is 5.14. The van der Waals surface area contributed by atoms with Gasteiger partial charge in [0.05, 0.1) is 17.6 Å². The Bertz CT molecular complexity index is 856. The molecule has 0 unspecified atom stereocenters. The van der Waals surface area contributed by atoms with Gasteiger partial charge in [-0.15, -0.1) is 0 Å². The van der Waals surface area contributed by atoms with E-state index in [-0.39, 0.29) is 0 Å². The number of anilines is 2. The summed E-state index contributed by atoms with van der Waals surface area (Å²) in [5, 5.41) is 1.03. The minimum absolute atomic E-state index is 0.298. The number of rotatable bonds is 7. The quantitative estimate of drug-likeness (QED) is 0.570. The van der Waals surface area contributed by atoms with Gasteiger partial charge in [0.1, 0.15) is 5.65 Å². The number of unbranched alkanes of at least 4 members (excludes halogenated alkanes) is 1. The van der Waals surface area contributed by atoms with Crippen molar-refractivity contribution in [2.24, 2.45) is 5.73 Å². The first-order valence-corrected chi connectivity index (χ1v) is 8.64. The Morgan fingerprint density at radius 2 is 2.04 bits per heavy atom. The van der Waals surface area contributed by atoms with Crippen LogP contribution in [0.5, 0.6) is 0 Å². The molecular weight excluding hydrogens is 314 g/mol. The number of hydrogen-bond donors (Lipinski definition) is 3. The third-order valence-electron chi connectivity index (χ3n) is 4.34. The van der Waals surface area contributed by atoms with Crippen LogP contribution < -0.4 is 16.4 Å². The number of nitrogens with two attached hydrogens (primary N) is 2. The number of fused-ring (bicyclic) bond motifs is 1. The second-order valence-corrected chi connectivity index (χ2v) is 6.17. The predicted molar refractivity (Wildman–Crippen MR) is 102 cm³/mol. The number of nitrogens with one attached hydrogen (secondary N) is 1. The molecule has 3 heterocycles. The van der Waals surface area contributed by atoms with Gasteiger partial charge >= 0.3 is 0 Å². The lowest BCUT2D eigenvalue weighted by atomic mass is 10.1. The molecule has 3 aromatic rings. The number of aromatic amines is 1. The molecule has 25 heavy (non-hydrogen) atoms. The van der Waals surface area contributed by atoms with Crippen molar-refractivity contribution in [2.45, 2.75) is 26.2 Å². The molecule has 0 aliphatic carbocycles. The van der Waals surface area contributed by atoms with Crippen molar-refractivity contribution < 1.29 is 0 Å². The number of hydrogen-bond acceptors (Lipinski definition) is 6. The number of aromatic nitrogens is 4. The minimum Gasteiger partial charge on any atom is -0.373 e. The van der Waals surface area contributed by atoms with E-state index in [0.29, 0.717) is 5.95 Å². The molecule has 0 saturated heterocycles. The molecule has 132 valence electrons. The second kappa shape index (κ2) is 7.48. The van der Waals surface area contributed by atoms with Crippen LogP contribution in [0, 0.1) is 0 Å². The fourth-order valence-corrected chi connectivity index (χ4v) is 2.87. The zero-order valence-electron chi connectivity index (χ0n) is 14.8. The van der Waals surface area contributed by atoms with Crippen LogP contribution in [0.2, 0.25) is 0 Å². The molecule has 0 amide bonds. The molecule has 3 aromatic heterocycles. The highest BCUT2D eigenvalue weighted by atomic mass is 15.1. The van der Waals surface area contributed by atoms with Crippen LogP contribution in [-0.4, -0.2) is 40.1 Å². The lowest BCUT2D eigenvalue weighted by Crippen LogP contribution is -2.19. The monoisotopic (exact) mass is 339 g/mol. The van der Waals surface area contributed by atoms with Crippen LogP contribution in [0.15, 0.2) is 24.5 Å². The summed E-state index contributed by atoms with van der Waals surface area (Å²) in [7, 11) is 2.07. The van der Waals surface area contributed by atoms with Crippen LogP contribution in [0.1, 0.15) is 25.5 Å². The summed E-state index contributed by atoms with van der Waals surface area (Å²) in [5.74, 6) is 0.298. The van der Waals surface area contributed by atoms with Gasteiger partial charge < -0.3 is 21.4 Å². The highest BCUT2D eigenvalue weighted by Gasteiger charge is 2.12. The normalized spacial score (nSPS) is 11.2. The molecule has 7 nitrogen and oxygen atoms in total. The van der Waals surface area contributed by atoms with Crippen molar-refractivity contribution >= 4 is 22.7 Å². The largest absolute Gasteiger partial charge is 0.373 e. The third kappa shape index (κ3) is 3.71. The fourth-order valence-electron chi connectivity index (χ4n) is 2.87. The number of nitrogens with zero attached hydrogens (tertiary/aromatic N) is 4. The minimum atomic E-state index is 0.298. The van der Waals surface area contributed by atoms with E-state index in [1.165, 1.54) is 0 Å². The maximum Gasteiger partial charge on any atom is 0.220 e. The lowest BCUT2D eigenvalue weighted by molar-refractivity contribution is 0.728. The molecule has 0 fully saturated rings. The van der Waals surface area contributed by atoms with E-state index in [4.69, 9.17) is 11.5 Å². The number of nitrogen functional groups attached to an aromatic ring is 1. The highest BCUT2D eigenvalue weighted by Crippen LogP contribution is 2.29. The predicted octanol–water partition coefficient (Wildman–Crippen LogP) is 2.34. The molecule has 0 aromatic carbocycles. The summed E-state index contributed by atoms with van der Waals surface area (Å²) in [4.78, 5) is 18.6. The standard InChI is InChI=1S/C18H25N7/c1-3-12-8-16(24-18(20)23-12)15-11-22-17-14(15)9-13(10-21-17)25(2)7-5-4-6-19/h8-11H,3-7,19H2,1-2H3,(H,21,22)(H2,20,23,24). The molecule has 3 rings (SSSR count). The van der Waals surface area contributed by atoms with E-state index in [1.54, 1.807) is 0 Å². The van der Waals surface area contributed by atoms with Crippen LogP contribution in [0.25, 0.3) is 22.3 Å². The van der Waals surface area contributed by atoms with E-state index < -0.39 is 0 Å². The molecule has 0 atom stereocenters. The first kappa shape index (κ1) is 17.2. The van der Waals surface area contributed by atoms with Gasteiger partial charge in [0.2, 0.25) is 5.95 Å². The fraction of sp³-hybridized carbons (Fsp3) is 0.389. The first-order valence-electron chi connectivity index (χ1n) is 8.64. The maximum atomic E-state index is 5.86. The van der Waals surface area contributed by atoms with E-state index in [2.05, 4.69) is 44.9 Å². The second-order valence-electron chi connectivity index (χ2n) is 6.17. The van der Waals surface area contributed by atoms with Crippen molar-refractivity contribution in [3.63, 3.8) is 0 Å². The maximum absolute atomic E-state index is 5.86. The van der Waals surface area contributed by atoms with Gasteiger partial charge in [-0.05, 0) is 37.9 Å². The average Bonchev–Trinajstić information content (AvgIpc) is 3.04. The average molecular weight is 339 g/mol. The summed E-state index contributed by atoms with van der Waals surface area (Å²) in [6.45, 7) is 3.73. The molecule has 0 spiro atoms. The molecule has 0 aliphatic heterocycles. The van der Waals surface area contributed by atoms with E-state index in [0.717, 1.165) is 66.0 Å². The van der Waals surface area contributed by atoms with Gasteiger partial charge in [-0.1, -0.05) is 6.92 Å². The Labute approximate surface area is 147 Å². The Balaban J connectivity index is 1.97. The smallest absolute Gasteiger partial charge is 0.220 e.